The fourth-order valence-corrected chi connectivity index (χ4v) is 1.95. The number of pyridine rings is 1. The van der Waals surface area contributed by atoms with Gasteiger partial charge in [0.1, 0.15) is 5.15 Å². The zero-order chi connectivity index (χ0) is 10.8. The van der Waals surface area contributed by atoms with Gasteiger partial charge in [0, 0.05) is 25.0 Å². The Balaban J connectivity index is 2.11. The van der Waals surface area contributed by atoms with Gasteiger partial charge in [-0.3, -0.25) is 4.79 Å². The molecule has 1 aliphatic heterocycles. The SMILES string of the molecule is O=C(O)[C@@H]1CCN(c2ccnc(Cl)c2)C1. The van der Waals surface area contributed by atoms with Gasteiger partial charge in [0.25, 0.3) is 0 Å². The van der Waals surface area contributed by atoms with E-state index in [2.05, 4.69) is 4.98 Å². The first-order valence-corrected chi connectivity index (χ1v) is 5.14. The molecule has 5 heteroatoms. The highest BCUT2D eigenvalue weighted by Crippen LogP contribution is 2.24. The fraction of sp³-hybridized carbons (Fsp3) is 0.400. The average Bonchev–Trinajstić information content (AvgIpc) is 2.66. The van der Waals surface area contributed by atoms with Crippen LogP contribution in [0.1, 0.15) is 6.42 Å². The summed E-state index contributed by atoms with van der Waals surface area (Å²) >= 11 is 5.77. The monoisotopic (exact) mass is 226 g/mol. The van der Waals surface area contributed by atoms with Gasteiger partial charge in [-0.15, -0.1) is 0 Å². The molecule has 0 unspecified atom stereocenters. The summed E-state index contributed by atoms with van der Waals surface area (Å²) in [5.41, 5.74) is 0.943. The summed E-state index contributed by atoms with van der Waals surface area (Å²) in [6.45, 7) is 1.31. The van der Waals surface area contributed by atoms with Crippen LogP contribution in [-0.4, -0.2) is 29.1 Å². The maximum Gasteiger partial charge on any atom is 0.308 e. The third-order valence-electron chi connectivity index (χ3n) is 2.61. The molecule has 0 spiro atoms. The highest BCUT2D eigenvalue weighted by Gasteiger charge is 2.28. The van der Waals surface area contributed by atoms with Crippen molar-refractivity contribution >= 4 is 23.3 Å². The summed E-state index contributed by atoms with van der Waals surface area (Å²) in [6, 6.07) is 3.60. The van der Waals surface area contributed by atoms with Crippen molar-refractivity contribution in [1.29, 1.82) is 0 Å². The third kappa shape index (κ3) is 2.21. The Morgan fingerprint density at radius 3 is 3.07 bits per heavy atom. The van der Waals surface area contributed by atoms with Gasteiger partial charge in [-0.2, -0.15) is 0 Å². The normalized spacial score (nSPS) is 20.6. The Hall–Kier alpha value is -1.29. The molecule has 0 aromatic carbocycles. The second-order valence-electron chi connectivity index (χ2n) is 3.61. The van der Waals surface area contributed by atoms with E-state index in [4.69, 9.17) is 16.7 Å². The van der Waals surface area contributed by atoms with E-state index in [1.54, 1.807) is 12.3 Å². The fourth-order valence-electron chi connectivity index (χ4n) is 1.79. The van der Waals surface area contributed by atoms with Gasteiger partial charge in [-0.05, 0) is 18.6 Å². The molecule has 80 valence electrons. The van der Waals surface area contributed by atoms with Crippen LogP contribution in [0.25, 0.3) is 0 Å². The summed E-state index contributed by atoms with van der Waals surface area (Å²) in [4.78, 5) is 16.7. The second kappa shape index (κ2) is 4.06. The predicted molar refractivity (Wildman–Crippen MR) is 57.2 cm³/mol. The van der Waals surface area contributed by atoms with Crippen molar-refractivity contribution < 1.29 is 9.90 Å². The quantitative estimate of drug-likeness (QED) is 0.779. The van der Waals surface area contributed by atoms with E-state index in [0.29, 0.717) is 18.1 Å². The van der Waals surface area contributed by atoms with Crippen molar-refractivity contribution in [3.63, 3.8) is 0 Å². The lowest BCUT2D eigenvalue weighted by Gasteiger charge is -2.17. The minimum Gasteiger partial charge on any atom is -0.481 e. The van der Waals surface area contributed by atoms with E-state index in [9.17, 15) is 4.79 Å². The average molecular weight is 227 g/mol. The van der Waals surface area contributed by atoms with Gasteiger partial charge < -0.3 is 10.0 Å². The van der Waals surface area contributed by atoms with Crippen LogP contribution in [0, 0.1) is 5.92 Å². The third-order valence-corrected chi connectivity index (χ3v) is 2.82. The maximum absolute atomic E-state index is 10.8. The Morgan fingerprint density at radius 1 is 1.67 bits per heavy atom. The summed E-state index contributed by atoms with van der Waals surface area (Å²) in [5.74, 6) is -0.991. The van der Waals surface area contributed by atoms with E-state index < -0.39 is 5.97 Å². The molecule has 0 bridgehead atoms. The van der Waals surface area contributed by atoms with Crippen molar-refractivity contribution in [1.82, 2.24) is 4.98 Å². The maximum atomic E-state index is 10.8. The standard InChI is InChI=1S/C10H11ClN2O2/c11-9-5-8(1-3-12-9)13-4-2-7(6-13)10(14)15/h1,3,5,7H,2,4,6H2,(H,14,15)/t7-/m1/s1. The molecule has 15 heavy (non-hydrogen) atoms. The van der Waals surface area contributed by atoms with Gasteiger partial charge in [-0.25, -0.2) is 4.98 Å². The van der Waals surface area contributed by atoms with E-state index >= 15 is 0 Å². The number of halogens is 1. The number of nitrogens with zero attached hydrogens (tertiary/aromatic N) is 2. The van der Waals surface area contributed by atoms with E-state index in [-0.39, 0.29) is 5.92 Å². The van der Waals surface area contributed by atoms with Crippen molar-refractivity contribution in [3.8, 4) is 0 Å². The van der Waals surface area contributed by atoms with Crippen molar-refractivity contribution in [2.75, 3.05) is 18.0 Å². The number of anilines is 1. The van der Waals surface area contributed by atoms with Crippen LogP contribution in [0.4, 0.5) is 5.69 Å². The van der Waals surface area contributed by atoms with Crippen LogP contribution >= 0.6 is 11.6 Å². The molecule has 0 aliphatic carbocycles. The minimum absolute atomic E-state index is 0.267. The molecule has 1 fully saturated rings. The lowest BCUT2D eigenvalue weighted by atomic mass is 10.1. The van der Waals surface area contributed by atoms with Gasteiger partial charge in [0.05, 0.1) is 5.92 Å². The first-order chi connectivity index (χ1) is 7.16. The summed E-state index contributed by atoms with van der Waals surface area (Å²) in [5, 5.41) is 9.30. The molecule has 0 amide bonds. The first-order valence-electron chi connectivity index (χ1n) is 4.76. The largest absolute Gasteiger partial charge is 0.481 e. The molecular weight excluding hydrogens is 216 g/mol. The van der Waals surface area contributed by atoms with Gasteiger partial charge in [0.2, 0.25) is 0 Å². The van der Waals surface area contributed by atoms with Crippen LogP contribution in [-0.2, 0) is 4.79 Å². The zero-order valence-electron chi connectivity index (χ0n) is 8.06. The lowest BCUT2D eigenvalue weighted by Crippen LogP contribution is -2.22. The van der Waals surface area contributed by atoms with E-state index in [0.717, 1.165) is 12.2 Å². The van der Waals surface area contributed by atoms with Gasteiger partial charge in [0.15, 0.2) is 0 Å². The number of carboxylic acid groups (broad SMARTS) is 1. The van der Waals surface area contributed by atoms with Gasteiger partial charge in [-0.1, -0.05) is 11.6 Å². The predicted octanol–water partition coefficient (Wildman–Crippen LogP) is 1.65. The van der Waals surface area contributed by atoms with E-state index in [1.807, 2.05) is 11.0 Å². The van der Waals surface area contributed by atoms with Crippen LogP contribution < -0.4 is 4.90 Å². The summed E-state index contributed by atoms with van der Waals surface area (Å²) < 4.78 is 0. The van der Waals surface area contributed by atoms with Crippen molar-refractivity contribution in [2.24, 2.45) is 5.92 Å². The minimum atomic E-state index is -0.724. The molecule has 1 atom stereocenters. The van der Waals surface area contributed by atoms with Crippen LogP contribution in [0.15, 0.2) is 18.3 Å². The number of carbonyl (C=O) groups is 1. The zero-order valence-corrected chi connectivity index (χ0v) is 8.81. The first kappa shape index (κ1) is 10.2. The summed E-state index contributed by atoms with van der Waals surface area (Å²) in [7, 11) is 0. The summed E-state index contributed by atoms with van der Waals surface area (Å²) in [6.07, 6.45) is 2.32. The Bertz CT molecular complexity index is 383. The number of hydrogen-bond acceptors (Lipinski definition) is 3. The number of rotatable bonds is 2. The smallest absolute Gasteiger partial charge is 0.308 e. The number of carboxylic acids is 1. The molecule has 1 aromatic heterocycles. The van der Waals surface area contributed by atoms with Crippen LogP contribution in [0.2, 0.25) is 5.15 Å². The number of aromatic nitrogens is 1. The topological polar surface area (TPSA) is 53.4 Å². The van der Waals surface area contributed by atoms with Crippen molar-refractivity contribution in [3.05, 3.63) is 23.5 Å². The molecule has 1 aliphatic rings. The molecule has 1 N–H and O–H groups in total. The number of hydrogen-bond donors (Lipinski definition) is 1. The molecule has 1 aromatic rings. The molecule has 1 saturated heterocycles. The molecular formula is C10H11ClN2O2. The van der Waals surface area contributed by atoms with Crippen LogP contribution in [0.3, 0.4) is 0 Å². The Labute approximate surface area is 92.5 Å². The molecule has 2 heterocycles. The second-order valence-corrected chi connectivity index (χ2v) is 3.99. The van der Waals surface area contributed by atoms with Gasteiger partial charge >= 0.3 is 5.97 Å². The Morgan fingerprint density at radius 2 is 2.47 bits per heavy atom. The lowest BCUT2D eigenvalue weighted by molar-refractivity contribution is -0.140. The van der Waals surface area contributed by atoms with E-state index in [1.165, 1.54) is 0 Å². The molecule has 2 rings (SSSR count). The van der Waals surface area contributed by atoms with Crippen LogP contribution in [0.5, 0.6) is 0 Å². The Kier molecular flexibility index (Phi) is 2.77. The molecule has 0 radical (unpaired) electrons. The highest BCUT2D eigenvalue weighted by molar-refractivity contribution is 6.29. The molecule has 0 saturated carbocycles. The number of aliphatic carboxylic acids is 1. The highest BCUT2D eigenvalue weighted by atomic mass is 35.5. The molecule has 4 nitrogen and oxygen atoms in total. The van der Waals surface area contributed by atoms with Crippen molar-refractivity contribution in [2.45, 2.75) is 6.42 Å².